The predicted molar refractivity (Wildman–Crippen MR) is 76.1 cm³/mol. The number of hydrogen-bond donors (Lipinski definition) is 1. The number of nitrogens with zero attached hydrogens (tertiary/aromatic N) is 1. The summed E-state index contributed by atoms with van der Waals surface area (Å²) >= 11 is 0. The van der Waals surface area contributed by atoms with Crippen LogP contribution < -0.4 is 5.32 Å². The van der Waals surface area contributed by atoms with Crippen molar-refractivity contribution in [1.82, 2.24) is 10.2 Å². The standard InChI is InChI=1S/C15H28N2O2/c1-10(2)12(4)17(13-7-8-13)15(18)16-11(3)14-6-5-9-19-14/h10-14H,5-9H2,1-4H3,(H,16,18)/t11-,12-,14+/m0/s1. The van der Waals surface area contributed by atoms with Gasteiger partial charge in [-0.2, -0.15) is 0 Å². The van der Waals surface area contributed by atoms with Crippen molar-refractivity contribution in [2.45, 2.75) is 77.6 Å². The molecule has 1 saturated carbocycles. The number of ether oxygens (including phenoxy) is 1. The fourth-order valence-corrected chi connectivity index (χ4v) is 2.72. The first-order valence-electron chi connectivity index (χ1n) is 7.71. The molecule has 1 saturated heterocycles. The van der Waals surface area contributed by atoms with Crippen molar-refractivity contribution in [2.75, 3.05) is 6.61 Å². The third-order valence-corrected chi connectivity index (χ3v) is 4.45. The van der Waals surface area contributed by atoms with Crippen LogP contribution in [0.25, 0.3) is 0 Å². The molecule has 2 fully saturated rings. The van der Waals surface area contributed by atoms with Gasteiger partial charge in [0.15, 0.2) is 0 Å². The van der Waals surface area contributed by atoms with E-state index < -0.39 is 0 Å². The van der Waals surface area contributed by atoms with Crippen molar-refractivity contribution >= 4 is 6.03 Å². The second kappa shape index (κ2) is 6.12. The molecule has 3 atom stereocenters. The van der Waals surface area contributed by atoms with Crippen LogP contribution in [0.1, 0.15) is 53.4 Å². The summed E-state index contributed by atoms with van der Waals surface area (Å²) in [5.41, 5.74) is 0. The molecule has 0 aromatic rings. The number of hydrogen-bond acceptors (Lipinski definition) is 2. The van der Waals surface area contributed by atoms with Crippen molar-refractivity contribution in [3.05, 3.63) is 0 Å². The van der Waals surface area contributed by atoms with Gasteiger partial charge in [0.2, 0.25) is 0 Å². The Labute approximate surface area is 116 Å². The Morgan fingerprint density at radius 3 is 2.37 bits per heavy atom. The molecule has 1 N–H and O–H groups in total. The predicted octanol–water partition coefficient (Wildman–Crippen LogP) is 2.77. The minimum Gasteiger partial charge on any atom is -0.376 e. The largest absolute Gasteiger partial charge is 0.376 e. The fourth-order valence-electron chi connectivity index (χ4n) is 2.72. The zero-order chi connectivity index (χ0) is 14.0. The van der Waals surface area contributed by atoms with Crippen LogP contribution in [0.2, 0.25) is 0 Å². The Bertz CT molecular complexity index is 309. The highest BCUT2D eigenvalue weighted by molar-refractivity contribution is 5.75. The lowest BCUT2D eigenvalue weighted by Crippen LogP contribution is -2.52. The molecule has 0 spiro atoms. The first-order chi connectivity index (χ1) is 9.00. The van der Waals surface area contributed by atoms with Gasteiger partial charge in [0, 0.05) is 18.7 Å². The van der Waals surface area contributed by atoms with E-state index in [2.05, 4.69) is 37.9 Å². The monoisotopic (exact) mass is 268 g/mol. The molecule has 1 aliphatic heterocycles. The summed E-state index contributed by atoms with van der Waals surface area (Å²) in [7, 11) is 0. The van der Waals surface area contributed by atoms with Gasteiger partial charge in [-0.1, -0.05) is 13.8 Å². The summed E-state index contributed by atoms with van der Waals surface area (Å²) in [6, 6.07) is 0.945. The normalized spacial score (nSPS) is 26.3. The van der Waals surface area contributed by atoms with Crippen molar-refractivity contribution in [1.29, 1.82) is 0 Å². The summed E-state index contributed by atoms with van der Waals surface area (Å²) in [4.78, 5) is 14.5. The van der Waals surface area contributed by atoms with Gasteiger partial charge in [-0.05, 0) is 45.4 Å². The van der Waals surface area contributed by atoms with Crippen molar-refractivity contribution in [3.8, 4) is 0 Å². The molecule has 0 aromatic carbocycles. The molecule has 0 aromatic heterocycles. The van der Waals surface area contributed by atoms with Gasteiger partial charge in [-0.25, -0.2) is 4.79 Å². The Hall–Kier alpha value is -0.770. The Balaban J connectivity index is 1.91. The van der Waals surface area contributed by atoms with E-state index in [1.807, 2.05) is 0 Å². The van der Waals surface area contributed by atoms with E-state index in [9.17, 15) is 4.79 Å². The third kappa shape index (κ3) is 3.62. The lowest BCUT2D eigenvalue weighted by Gasteiger charge is -2.34. The average molecular weight is 268 g/mol. The maximum atomic E-state index is 12.5. The van der Waals surface area contributed by atoms with E-state index in [1.165, 1.54) is 0 Å². The van der Waals surface area contributed by atoms with Gasteiger partial charge in [-0.15, -0.1) is 0 Å². The molecular weight excluding hydrogens is 240 g/mol. The summed E-state index contributed by atoms with van der Waals surface area (Å²) in [5.74, 6) is 0.490. The minimum atomic E-state index is 0.0895. The van der Waals surface area contributed by atoms with E-state index in [0.29, 0.717) is 18.0 Å². The summed E-state index contributed by atoms with van der Waals surface area (Å²) < 4.78 is 5.65. The van der Waals surface area contributed by atoms with Crippen LogP contribution in [0.15, 0.2) is 0 Å². The second-order valence-electron chi connectivity index (χ2n) is 6.41. The number of urea groups is 1. The van der Waals surface area contributed by atoms with Gasteiger partial charge in [-0.3, -0.25) is 0 Å². The van der Waals surface area contributed by atoms with Gasteiger partial charge in [0.25, 0.3) is 0 Å². The Kier molecular flexibility index (Phi) is 4.71. The van der Waals surface area contributed by atoms with Crippen LogP contribution in [0.4, 0.5) is 4.79 Å². The second-order valence-corrected chi connectivity index (χ2v) is 6.41. The molecule has 0 bridgehead atoms. The number of carbonyl (C=O) groups is 1. The van der Waals surface area contributed by atoms with E-state index in [1.54, 1.807) is 0 Å². The number of amides is 2. The van der Waals surface area contributed by atoms with E-state index in [4.69, 9.17) is 4.74 Å². The van der Waals surface area contributed by atoms with Crippen LogP contribution in [-0.4, -0.2) is 41.8 Å². The van der Waals surface area contributed by atoms with Gasteiger partial charge < -0.3 is 15.0 Å². The molecule has 0 radical (unpaired) electrons. The van der Waals surface area contributed by atoms with Gasteiger partial charge >= 0.3 is 6.03 Å². The molecule has 1 heterocycles. The molecule has 4 heteroatoms. The zero-order valence-electron chi connectivity index (χ0n) is 12.7. The highest BCUT2D eigenvalue weighted by Crippen LogP contribution is 2.30. The van der Waals surface area contributed by atoms with Crippen molar-refractivity contribution < 1.29 is 9.53 Å². The first kappa shape index (κ1) is 14.6. The molecule has 0 unspecified atom stereocenters. The fraction of sp³-hybridized carbons (Fsp3) is 0.933. The highest BCUT2D eigenvalue weighted by atomic mass is 16.5. The zero-order valence-corrected chi connectivity index (χ0v) is 12.7. The van der Waals surface area contributed by atoms with E-state index in [0.717, 1.165) is 32.3 Å². The van der Waals surface area contributed by atoms with Gasteiger partial charge in [0.05, 0.1) is 12.1 Å². The lowest BCUT2D eigenvalue weighted by atomic mass is 10.0. The molecule has 110 valence electrons. The smallest absolute Gasteiger partial charge is 0.318 e. The molecule has 2 aliphatic rings. The maximum Gasteiger partial charge on any atom is 0.318 e. The molecule has 1 aliphatic carbocycles. The van der Waals surface area contributed by atoms with Crippen LogP contribution in [0, 0.1) is 5.92 Å². The van der Waals surface area contributed by atoms with Crippen molar-refractivity contribution in [2.24, 2.45) is 5.92 Å². The quantitative estimate of drug-likeness (QED) is 0.833. The Morgan fingerprint density at radius 1 is 1.21 bits per heavy atom. The van der Waals surface area contributed by atoms with Crippen LogP contribution in [0.5, 0.6) is 0 Å². The summed E-state index contributed by atoms with van der Waals surface area (Å²) in [6.07, 6.45) is 4.67. The van der Waals surface area contributed by atoms with Crippen LogP contribution in [-0.2, 0) is 4.74 Å². The summed E-state index contributed by atoms with van der Waals surface area (Å²) in [5, 5.41) is 3.14. The minimum absolute atomic E-state index is 0.0895. The third-order valence-electron chi connectivity index (χ3n) is 4.45. The highest BCUT2D eigenvalue weighted by Gasteiger charge is 2.37. The molecule has 19 heavy (non-hydrogen) atoms. The van der Waals surface area contributed by atoms with E-state index in [-0.39, 0.29) is 18.2 Å². The molecular formula is C15H28N2O2. The number of carbonyl (C=O) groups excluding carboxylic acids is 1. The van der Waals surface area contributed by atoms with Crippen LogP contribution in [0.3, 0.4) is 0 Å². The summed E-state index contributed by atoms with van der Waals surface area (Å²) in [6.45, 7) is 9.39. The molecule has 2 rings (SSSR count). The average Bonchev–Trinajstić information content (AvgIpc) is 3.02. The molecule has 4 nitrogen and oxygen atoms in total. The maximum absolute atomic E-state index is 12.5. The van der Waals surface area contributed by atoms with Gasteiger partial charge in [0.1, 0.15) is 0 Å². The SMILES string of the molecule is CC(C)[C@H](C)N(C(=O)N[C@@H](C)[C@H]1CCCO1)C1CC1. The number of nitrogens with one attached hydrogen (secondary N) is 1. The topological polar surface area (TPSA) is 41.6 Å². The Morgan fingerprint density at radius 2 is 1.89 bits per heavy atom. The first-order valence-corrected chi connectivity index (χ1v) is 7.71. The van der Waals surface area contributed by atoms with E-state index >= 15 is 0 Å². The van der Waals surface area contributed by atoms with Crippen molar-refractivity contribution in [3.63, 3.8) is 0 Å². The number of rotatable bonds is 5. The lowest BCUT2D eigenvalue weighted by molar-refractivity contribution is 0.0804. The molecule has 2 amide bonds. The van der Waals surface area contributed by atoms with Crippen LogP contribution >= 0.6 is 0 Å².